The van der Waals surface area contributed by atoms with E-state index >= 15 is 0 Å². The van der Waals surface area contributed by atoms with Crippen molar-refractivity contribution in [3.63, 3.8) is 0 Å². The summed E-state index contributed by atoms with van der Waals surface area (Å²) in [6.07, 6.45) is 2.19. The third kappa shape index (κ3) is 2.63. The highest BCUT2D eigenvalue weighted by Gasteiger charge is 2.18. The van der Waals surface area contributed by atoms with E-state index in [1.807, 2.05) is 25.1 Å². The number of esters is 1. The van der Waals surface area contributed by atoms with E-state index in [0.717, 1.165) is 11.4 Å². The third-order valence-corrected chi connectivity index (χ3v) is 3.10. The molecule has 1 heterocycles. The first-order valence-corrected chi connectivity index (χ1v) is 6.55. The van der Waals surface area contributed by atoms with Crippen LogP contribution in [-0.4, -0.2) is 22.4 Å². The summed E-state index contributed by atoms with van der Waals surface area (Å²) in [6, 6.07) is 7.39. The molecule has 0 spiro atoms. The van der Waals surface area contributed by atoms with Crippen molar-refractivity contribution in [1.29, 1.82) is 0 Å². The molecule has 2 aromatic rings. The van der Waals surface area contributed by atoms with Crippen molar-refractivity contribution < 1.29 is 9.53 Å². The van der Waals surface area contributed by atoms with Crippen LogP contribution in [0.3, 0.4) is 0 Å². The van der Waals surface area contributed by atoms with Gasteiger partial charge < -0.3 is 4.74 Å². The number of carbonyl (C=O) groups excluding carboxylic acids is 1. The summed E-state index contributed by atoms with van der Waals surface area (Å²) in [7, 11) is 0. The SMILES string of the molecule is CCOC(=O)c1cnn(-c2ccccc2Cl)c1CC. The van der Waals surface area contributed by atoms with E-state index in [4.69, 9.17) is 16.3 Å². The van der Waals surface area contributed by atoms with Crippen LogP contribution in [0.4, 0.5) is 0 Å². The fraction of sp³-hybridized carbons (Fsp3) is 0.286. The number of nitrogens with zero attached hydrogens (tertiary/aromatic N) is 2. The van der Waals surface area contributed by atoms with Gasteiger partial charge in [0.05, 0.1) is 29.2 Å². The Labute approximate surface area is 116 Å². The number of hydrogen-bond acceptors (Lipinski definition) is 3. The second-order valence-electron chi connectivity index (χ2n) is 3.94. The van der Waals surface area contributed by atoms with Crippen LogP contribution in [0.5, 0.6) is 0 Å². The van der Waals surface area contributed by atoms with Crippen LogP contribution < -0.4 is 0 Å². The lowest BCUT2D eigenvalue weighted by molar-refractivity contribution is 0.0525. The predicted molar refractivity (Wildman–Crippen MR) is 73.9 cm³/mol. The molecule has 4 nitrogen and oxygen atoms in total. The standard InChI is InChI=1S/C14H15ClN2O2/c1-3-12-10(14(18)19-4-2)9-16-17(12)13-8-6-5-7-11(13)15/h5-9H,3-4H2,1-2H3. The molecule has 5 heteroatoms. The molecule has 1 aromatic carbocycles. The molecule has 0 saturated carbocycles. The first kappa shape index (κ1) is 13.6. The van der Waals surface area contributed by atoms with E-state index in [0.29, 0.717) is 23.6 Å². The molecule has 0 aliphatic heterocycles. The summed E-state index contributed by atoms with van der Waals surface area (Å²) >= 11 is 6.16. The van der Waals surface area contributed by atoms with E-state index in [9.17, 15) is 4.79 Å². The van der Waals surface area contributed by atoms with Crippen LogP contribution in [0.25, 0.3) is 5.69 Å². The van der Waals surface area contributed by atoms with Gasteiger partial charge in [-0.25, -0.2) is 9.48 Å². The van der Waals surface area contributed by atoms with Crippen LogP contribution in [0.1, 0.15) is 29.9 Å². The van der Waals surface area contributed by atoms with Crippen LogP contribution >= 0.6 is 11.6 Å². The molecule has 0 unspecified atom stereocenters. The van der Waals surface area contributed by atoms with E-state index in [1.54, 1.807) is 17.7 Å². The number of halogens is 1. The van der Waals surface area contributed by atoms with E-state index in [1.165, 1.54) is 6.20 Å². The monoisotopic (exact) mass is 278 g/mol. The Hall–Kier alpha value is -1.81. The summed E-state index contributed by atoms with van der Waals surface area (Å²) in [5.74, 6) is -0.349. The molecule has 0 radical (unpaired) electrons. The number of ether oxygens (including phenoxy) is 1. The zero-order chi connectivity index (χ0) is 13.8. The summed E-state index contributed by atoms with van der Waals surface area (Å²) < 4.78 is 6.71. The Morgan fingerprint density at radius 2 is 2.11 bits per heavy atom. The van der Waals surface area contributed by atoms with Gasteiger partial charge in [-0.3, -0.25) is 0 Å². The maximum absolute atomic E-state index is 11.8. The highest BCUT2D eigenvalue weighted by molar-refractivity contribution is 6.32. The second kappa shape index (κ2) is 5.89. The summed E-state index contributed by atoms with van der Waals surface area (Å²) in [5.41, 5.74) is 2.05. The molecular weight excluding hydrogens is 264 g/mol. The number of rotatable bonds is 4. The van der Waals surface area contributed by atoms with Gasteiger partial charge in [0.1, 0.15) is 5.56 Å². The van der Waals surface area contributed by atoms with Crippen molar-refractivity contribution in [2.45, 2.75) is 20.3 Å². The molecule has 0 bridgehead atoms. The largest absolute Gasteiger partial charge is 0.462 e. The summed E-state index contributed by atoms with van der Waals surface area (Å²) in [5, 5.41) is 4.85. The smallest absolute Gasteiger partial charge is 0.341 e. The predicted octanol–water partition coefficient (Wildman–Crippen LogP) is 3.26. The Bertz CT molecular complexity index is 593. The molecule has 0 N–H and O–H groups in total. The highest BCUT2D eigenvalue weighted by atomic mass is 35.5. The molecule has 0 atom stereocenters. The number of hydrogen-bond donors (Lipinski definition) is 0. The second-order valence-corrected chi connectivity index (χ2v) is 4.35. The van der Waals surface area contributed by atoms with Crippen molar-refractivity contribution in [2.24, 2.45) is 0 Å². The van der Waals surface area contributed by atoms with Gasteiger partial charge in [-0.1, -0.05) is 30.7 Å². The van der Waals surface area contributed by atoms with Gasteiger partial charge in [-0.2, -0.15) is 5.10 Å². The lowest BCUT2D eigenvalue weighted by Gasteiger charge is -2.09. The van der Waals surface area contributed by atoms with Crippen molar-refractivity contribution in [1.82, 2.24) is 9.78 Å². The molecule has 0 amide bonds. The quantitative estimate of drug-likeness (QED) is 0.806. The Balaban J connectivity index is 2.49. The topological polar surface area (TPSA) is 44.1 Å². The number of para-hydroxylation sites is 1. The van der Waals surface area contributed by atoms with Gasteiger partial charge in [0, 0.05) is 0 Å². The highest BCUT2D eigenvalue weighted by Crippen LogP contribution is 2.23. The van der Waals surface area contributed by atoms with Crippen LogP contribution in [0.15, 0.2) is 30.5 Å². The molecule has 0 fully saturated rings. The fourth-order valence-corrected chi connectivity index (χ4v) is 2.14. The van der Waals surface area contributed by atoms with Gasteiger partial charge in [0.25, 0.3) is 0 Å². The molecule has 19 heavy (non-hydrogen) atoms. The lowest BCUT2D eigenvalue weighted by Crippen LogP contribution is -2.09. The lowest BCUT2D eigenvalue weighted by atomic mass is 10.2. The Morgan fingerprint density at radius 1 is 1.37 bits per heavy atom. The molecule has 0 aliphatic carbocycles. The molecule has 100 valence electrons. The zero-order valence-corrected chi connectivity index (χ0v) is 11.6. The van der Waals surface area contributed by atoms with Crippen LogP contribution in [0.2, 0.25) is 5.02 Å². The van der Waals surface area contributed by atoms with E-state index < -0.39 is 0 Å². The first-order valence-electron chi connectivity index (χ1n) is 6.18. The van der Waals surface area contributed by atoms with E-state index in [2.05, 4.69) is 5.10 Å². The minimum absolute atomic E-state index is 0.346. The zero-order valence-electron chi connectivity index (χ0n) is 10.9. The Kier molecular flexibility index (Phi) is 4.22. The maximum atomic E-state index is 11.8. The molecule has 1 aromatic heterocycles. The fourth-order valence-electron chi connectivity index (χ4n) is 1.92. The first-order chi connectivity index (χ1) is 9.19. The molecule has 0 aliphatic rings. The number of benzene rings is 1. The van der Waals surface area contributed by atoms with Gasteiger partial charge in [-0.15, -0.1) is 0 Å². The average molecular weight is 279 g/mol. The molecule has 2 rings (SSSR count). The maximum Gasteiger partial charge on any atom is 0.341 e. The minimum Gasteiger partial charge on any atom is -0.462 e. The normalized spacial score (nSPS) is 10.5. The summed E-state index contributed by atoms with van der Waals surface area (Å²) in [4.78, 5) is 11.8. The number of carbonyl (C=O) groups is 1. The van der Waals surface area contributed by atoms with Gasteiger partial charge in [0.2, 0.25) is 0 Å². The molecular formula is C14H15ClN2O2. The van der Waals surface area contributed by atoms with Gasteiger partial charge in [-0.05, 0) is 25.5 Å². The van der Waals surface area contributed by atoms with Crippen molar-refractivity contribution in [3.05, 3.63) is 46.7 Å². The molecule has 0 saturated heterocycles. The number of aromatic nitrogens is 2. The van der Waals surface area contributed by atoms with Gasteiger partial charge >= 0.3 is 5.97 Å². The van der Waals surface area contributed by atoms with Crippen molar-refractivity contribution in [2.75, 3.05) is 6.61 Å². The third-order valence-electron chi connectivity index (χ3n) is 2.78. The van der Waals surface area contributed by atoms with Crippen LogP contribution in [-0.2, 0) is 11.2 Å². The average Bonchev–Trinajstić information content (AvgIpc) is 2.83. The van der Waals surface area contributed by atoms with E-state index in [-0.39, 0.29) is 5.97 Å². The van der Waals surface area contributed by atoms with Crippen molar-refractivity contribution in [3.8, 4) is 5.69 Å². The van der Waals surface area contributed by atoms with Crippen molar-refractivity contribution >= 4 is 17.6 Å². The van der Waals surface area contributed by atoms with Crippen LogP contribution in [0, 0.1) is 0 Å². The van der Waals surface area contributed by atoms with Gasteiger partial charge in [0.15, 0.2) is 0 Å². The summed E-state index contributed by atoms with van der Waals surface area (Å²) in [6.45, 7) is 4.09. The minimum atomic E-state index is -0.349. The Morgan fingerprint density at radius 3 is 2.74 bits per heavy atom.